The number of halogens is 1. The molecule has 1 amide bonds. The second kappa shape index (κ2) is 9.11. The van der Waals surface area contributed by atoms with Gasteiger partial charge in [0.2, 0.25) is 0 Å². The first-order valence-corrected chi connectivity index (χ1v) is 6.93. The first kappa shape index (κ1) is 17.2. The van der Waals surface area contributed by atoms with E-state index in [2.05, 4.69) is 11.8 Å². The van der Waals surface area contributed by atoms with Crippen molar-refractivity contribution < 1.29 is 19.4 Å². The van der Waals surface area contributed by atoms with Gasteiger partial charge in [0.1, 0.15) is 12.4 Å². The van der Waals surface area contributed by atoms with Crippen molar-refractivity contribution in [2.24, 2.45) is 0 Å². The number of carbonyl (C=O) groups excluding carboxylic acids is 1. The Morgan fingerprint density at radius 1 is 1.33 bits per heavy atom. The third kappa shape index (κ3) is 5.18. The third-order valence-electron chi connectivity index (χ3n) is 2.95. The molecule has 5 heteroatoms. The molecular formula is C16H20FNO3. The van der Waals surface area contributed by atoms with E-state index in [0.29, 0.717) is 6.54 Å². The molecule has 0 fully saturated rings. The van der Waals surface area contributed by atoms with E-state index in [1.165, 1.54) is 23.1 Å². The molecule has 0 heterocycles. The zero-order valence-electron chi connectivity index (χ0n) is 12.1. The van der Waals surface area contributed by atoms with E-state index < -0.39 is 5.82 Å². The lowest BCUT2D eigenvalue weighted by atomic mass is 10.1. The smallest absolute Gasteiger partial charge is 0.255 e. The monoisotopic (exact) mass is 293 g/mol. The first-order chi connectivity index (χ1) is 10.1. The van der Waals surface area contributed by atoms with Gasteiger partial charge in [-0.15, -0.1) is 0 Å². The lowest BCUT2D eigenvalue weighted by molar-refractivity contribution is 0.0719. The normalized spacial score (nSPS) is 9.90. The fraction of sp³-hybridized carbons (Fsp3) is 0.438. The van der Waals surface area contributed by atoms with Gasteiger partial charge in [-0.25, -0.2) is 4.39 Å². The van der Waals surface area contributed by atoms with Crippen molar-refractivity contribution in [2.75, 3.05) is 26.3 Å². The van der Waals surface area contributed by atoms with E-state index in [0.717, 1.165) is 12.8 Å². The average Bonchev–Trinajstić information content (AvgIpc) is 2.48. The molecule has 1 aromatic rings. The fourth-order valence-corrected chi connectivity index (χ4v) is 1.90. The van der Waals surface area contributed by atoms with Crippen molar-refractivity contribution >= 4 is 5.91 Å². The van der Waals surface area contributed by atoms with Crippen molar-refractivity contribution in [3.63, 3.8) is 0 Å². The maximum atomic E-state index is 13.3. The highest BCUT2D eigenvalue weighted by Crippen LogP contribution is 2.14. The molecule has 0 atom stereocenters. The molecule has 0 saturated heterocycles. The molecule has 1 aromatic carbocycles. The van der Waals surface area contributed by atoms with Crippen LogP contribution in [0, 0.1) is 17.7 Å². The number of aliphatic hydroxyl groups excluding tert-OH is 2. The average molecular weight is 293 g/mol. The molecule has 1 rings (SSSR count). The van der Waals surface area contributed by atoms with Gasteiger partial charge < -0.3 is 15.1 Å². The lowest BCUT2D eigenvalue weighted by Gasteiger charge is -2.22. The molecule has 114 valence electrons. The predicted octanol–water partition coefficient (Wildman–Crippen LogP) is 1.40. The molecule has 4 nitrogen and oxygen atoms in total. The van der Waals surface area contributed by atoms with Gasteiger partial charge in [0.25, 0.3) is 5.91 Å². The van der Waals surface area contributed by atoms with Crippen LogP contribution in [0.4, 0.5) is 4.39 Å². The highest BCUT2D eigenvalue weighted by molar-refractivity contribution is 5.96. The third-order valence-corrected chi connectivity index (χ3v) is 2.95. The van der Waals surface area contributed by atoms with E-state index in [1.54, 1.807) is 0 Å². The number of benzene rings is 1. The van der Waals surface area contributed by atoms with Crippen LogP contribution in [0.25, 0.3) is 0 Å². The fourth-order valence-electron chi connectivity index (χ4n) is 1.90. The predicted molar refractivity (Wildman–Crippen MR) is 78.3 cm³/mol. The minimum Gasteiger partial charge on any atom is -0.395 e. The Balaban J connectivity index is 3.08. The molecular weight excluding hydrogens is 273 g/mol. The van der Waals surface area contributed by atoms with Gasteiger partial charge in [-0.1, -0.05) is 25.2 Å². The van der Waals surface area contributed by atoms with Gasteiger partial charge in [-0.2, -0.15) is 0 Å². The van der Waals surface area contributed by atoms with Crippen LogP contribution in [0.3, 0.4) is 0 Å². The van der Waals surface area contributed by atoms with Crippen LogP contribution in [-0.4, -0.2) is 47.3 Å². The molecule has 0 aliphatic carbocycles. The van der Waals surface area contributed by atoms with Crippen LogP contribution in [0.1, 0.15) is 35.7 Å². The summed E-state index contributed by atoms with van der Waals surface area (Å²) in [5.41, 5.74) is 0.524. The Hall–Kier alpha value is -1.90. The van der Waals surface area contributed by atoms with Gasteiger partial charge in [0.15, 0.2) is 0 Å². The molecule has 0 saturated carbocycles. The van der Waals surface area contributed by atoms with Gasteiger partial charge in [0.05, 0.1) is 12.2 Å². The Labute approximate surface area is 124 Å². The quantitative estimate of drug-likeness (QED) is 0.780. The van der Waals surface area contributed by atoms with E-state index in [1.807, 2.05) is 6.92 Å². The summed E-state index contributed by atoms with van der Waals surface area (Å²) in [5, 5.41) is 17.8. The largest absolute Gasteiger partial charge is 0.395 e. The van der Waals surface area contributed by atoms with Gasteiger partial charge in [-0.3, -0.25) is 4.79 Å². The highest BCUT2D eigenvalue weighted by Gasteiger charge is 2.18. The Kier molecular flexibility index (Phi) is 7.44. The number of hydrogen-bond acceptors (Lipinski definition) is 3. The summed E-state index contributed by atoms with van der Waals surface area (Å²) >= 11 is 0. The van der Waals surface area contributed by atoms with E-state index in [9.17, 15) is 9.18 Å². The maximum Gasteiger partial charge on any atom is 0.255 e. The van der Waals surface area contributed by atoms with E-state index in [4.69, 9.17) is 10.2 Å². The molecule has 21 heavy (non-hydrogen) atoms. The maximum absolute atomic E-state index is 13.3. The standard InChI is InChI=1S/C16H20FNO3/c1-2-3-8-18(9-11-20)16(21)15-7-6-14(17)12-13(15)5-4-10-19/h6-7,12,19-20H,2-3,8-11H2,1H3. The molecule has 0 spiro atoms. The summed E-state index contributed by atoms with van der Waals surface area (Å²) in [4.78, 5) is 14.0. The van der Waals surface area contributed by atoms with E-state index >= 15 is 0 Å². The lowest BCUT2D eigenvalue weighted by Crippen LogP contribution is -2.34. The van der Waals surface area contributed by atoms with Crippen LogP contribution in [-0.2, 0) is 0 Å². The van der Waals surface area contributed by atoms with Crippen molar-refractivity contribution in [2.45, 2.75) is 19.8 Å². The summed E-state index contributed by atoms with van der Waals surface area (Å²) < 4.78 is 13.3. The Bertz CT molecular complexity index is 534. The van der Waals surface area contributed by atoms with Gasteiger partial charge in [0, 0.05) is 18.7 Å². The zero-order valence-corrected chi connectivity index (χ0v) is 12.1. The number of amides is 1. The number of rotatable bonds is 6. The highest BCUT2D eigenvalue weighted by atomic mass is 19.1. The Morgan fingerprint density at radius 2 is 2.10 bits per heavy atom. The SMILES string of the molecule is CCCCN(CCO)C(=O)c1ccc(F)cc1C#CCO. The summed E-state index contributed by atoms with van der Waals surface area (Å²) in [7, 11) is 0. The number of nitrogens with zero attached hydrogens (tertiary/aromatic N) is 1. The molecule has 0 unspecified atom stereocenters. The van der Waals surface area contributed by atoms with Crippen molar-refractivity contribution in [3.05, 3.63) is 35.1 Å². The van der Waals surface area contributed by atoms with Crippen LogP contribution >= 0.6 is 0 Å². The number of hydrogen-bond donors (Lipinski definition) is 2. The minimum atomic E-state index is -0.490. The van der Waals surface area contributed by atoms with Crippen LogP contribution in [0.5, 0.6) is 0 Å². The number of aliphatic hydroxyl groups is 2. The van der Waals surface area contributed by atoms with Crippen LogP contribution in [0.15, 0.2) is 18.2 Å². The van der Waals surface area contributed by atoms with Crippen molar-refractivity contribution in [3.8, 4) is 11.8 Å². The summed E-state index contributed by atoms with van der Waals surface area (Å²) in [6.07, 6.45) is 1.75. The molecule has 0 aliphatic rings. The van der Waals surface area contributed by atoms with Crippen LogP contribution < -0.4 is 0 Å². The molecule has 0 aliphatic heterocycles. The first-order valence-electron chi connectivity index (χ1n) is 6.93. The second-order valence-electron chi connectivity index (χ2n) is 4.52. The Morgan fingerprint density at radius 3 is 2.71 bits per heavy atom. The zero-order chi connectivity index (χ0) is 15.7. The molecule has 0 bridgehead atoms. The number of carbonyl (C=O) groups is 1. The summed E-state index contributed by atoms with van der Waals surface area (Å²) in [6, 6.07) is 3.76. The van der Waals surface area contributed by atoms with Crippen molar-refractivity contribution in [1.29, 1.82) is 0 Å². The molecule has 0 radical (unpaired) electrons. The molecule has 0 aromatic heterocycles. The summed E-state index contributed by atoms with van der Waals surface area (Å²) in [6.45, 7) is 2.27. The minimum absolute atomic E-state index is 0.131. The van der Waals surface area contributed by atoms with Crippen LogP contribution in [0.2, 0.25) is 0 Å². The molecule has 2 N–H and O–H groups in total. The second-order valence-corrected chi connectivity index (χ2v) is 4.52. The number of unbranched alkanes of at least 4 members (excludes halogenated alkanes) is 1. The topological polar surface area (TPSA) is 60.8 Å². The van der Waals surface area contributed by atoms with E-state index in [-0.39, 0.29) is 36.8 Å². The summed E-state index contributed by atoms with van der Waals surface area (Å²) in [5.74, 6) is 4.23. The van der Waals surface area contributed by atoms with Crippen molar-refractivity contribution in [1.82, 2.24) is 4.90 Å². The van der Waals surface area contributed by atoms with Gasteiger partial charge >= 0.3 is 0 Å². The van der Waals surface area contributed by atoms with Gasteiger partial charge in [-0.05, 0) is 24.6 Å².